The number of rotatable bonds is 7. The molecule has 0 saturated heterocycles. The summed E-state index contributed by atoms with van der Waals surface area (Å²) in [5.41, 5.74) is 2.76. The Hall–Kier alpha value is -0.860. The summed E-state index contributed by atoms with van der Waals surface area (Å²) in [4.78, 5) is 2.26. The average molecular weight is 247 g/mol. The summed E-state index contributed by atoms with van der Waals surface area (Å²) in [7, 11) is 2.11. The third kappa shape index (κ3) is 4.43. The summed E-state index contributed by atoms with van der Waals surface area (Å²) < 4.78 is 0. The number of aliphatic hydroxyl groups excluding tert-OH is 1. The second-order valence-corrected chi connectivity index (χ2v) is 5.76. The zero-order chi connectivity index (χ0) is 13.0. The molecular weight excluding hydrogens is 222 g/mol. The van der Waals surface area contributed by atoms with Gasteiger partial charge in [0, 0.05) is 6.54 Å². The van der Waals surface area contributed by atoms with Crippen LogP contribution in [0.2, 0.25) is 0 Å². The number of hydrogen-bond donors (Lipinski definition) is 1. The highest BCUT2D eigenvalue weighted by Crippen LogP contribution is 2.32. The molecule has 1 N–H and O–H groups in total. The second kappa shape index (κ2) is 6.35. The lowest BCUT2D eigenvalue weighted by molar-refractivity contribution is 0.106. The minimum atomic E-state index is -0.103. The molecule has 18 heavy (non-hydrogen) atoms. The molecule has 2 nitrogen and oxygen atoms in total. The first kappa shape index (κ1) is 13.6. The molecule has 0 spiro atoms. The van der Waals surface area contributed by atoms with Gasteiger partial charge in [-0.3, -0.25) is 0 Å². The van der Waals surface area contributed by atoms with Crippen LogP contribution in [0.5, 0.6) is 0 Å². The van der Waals surface area contributed by atoms with E-state index in [0.29, 0.717) is 5.92 Å². The molecule has 1 fully saturated rings. The quantitative estimate of drug-likeness (QED) is 0.800. The van der Waals surface area contributed by atoms with Crippen molar-refractivity contribution in [2.24, 2.45) is 5.92 Å². The van der Waals surface area contributed by atoms with Gasteiger partial charge in [-0.05, 0) is 57.7 Å². The molecule has 0 bridgehead atoms. The van der Waals surface area contributed by atoms with Crippen molar-refractivity contribution < 1.29 is 5.11 Å². The van der Waals surface area contributed by atoms with Crippen LogP contribution in [0.25, 0.3) is 0 Å². The zero-order valence-electron chi connectivity index (χ0n) is 11.6. The van der Waals surface area contributed by atoms with Crippen molar-refractivity contribution >= 4 is 0 Å². The Morgan fingerprint density at radius 2 is 2.17 bits per heavy atom. The summed E-state index contributed by atoms with van der Waals surface area (Å²) >= 11 is 0. The van der Waals surface area contributed by atoms with Crippen LogP contribution in [0, 0.1) is 12.8 Å². The van der Waals surface area contributed by atoms with Crippen LogP contribution in [0.15, 0.2) is 24.3 Å². The Morgan fingerprint density at radius 1 is 1.39 bits per heavy atom. The largest absolute Gasteiger partial charge is 0.392 e. The van der Waals surface area contributed by atoms with Crippen molar-refractivity contribution in [2.45, 2.75) is 38.7 Å². The first-order chi connectivity index (χ1) is 8.65. The van der Waals surface area contributed by atoms with Crippen LogP contribution in [-0.4, -0.2) is 36.2 Å². The van der Waals surface area contributed by atoms with Crippen molar-refractivity contribution in [1.82, 2.24) is 4.90 Å². The predicted molar refractivity (Wildman–Crippen MR) is 75.7 cm³/mol. The van der Waals surface area contributed by atoms with Crippen molar-refractivity contribution in [1.29, 1.82) is 0 Å². The molecule has 2 rings (SSSR count). The number of aliphatic hydroxyl groups is 1. The molecule has 0 aliphatic heterocycles. The fourth-order valence-electron chi connectivity index (χ4n) is 2.46. The van der Waals surface area contributed by atoms with E-state index in [1.54, 1.807) is 0 Å². The Labute approximate surface area is 111 Å². The molecule has 1 aliphatic carbocycles. The molecule has 1 aromatic rings. The fourth-order valence-corrected chi connectivity index (χ4v) is 2.46. The first-order valence-corrected chi connectivity index (χ1v) is 7.07. The van der Waals surface area contributed by atoms with E-state index in [1.807, 2.05) is 0 Å². The summed E-state index contributed by atoms with van der Waals surface area (Å²) in [6, 6.07) is 8.73. The minimum Gasteiger partial charge on any atom is -0.392 e. The highest BCUT2D eigenvalue weighted by Gasteiger charge is 2.29. The zero-order valence-corrected chi connectivity index (χ0v) is 11.6. The molecule has 1 aliphatic rings. The van der Waals surface area contributed by atoms with E-state index in [0.717, 1.165) is 25.9 Å². The van der Waals surface area contributed by atoms with E-state index < -0.39 is 0 Å². The predicted octanol–water partition coefficient (Wildman–Crippen LogP) is 2.63. The van der Waals surface area contributed by atoms with E-state index >= 15 is 0 Å². The highest BCUT2D eigenvalue weighted by atomic mass is 16.3. The molecule has 0 heterocycles. The Morgan fingerprint density at radius 3 is 2.83 bits per heavy atom. The van der Waals surface area contributed by atoms with E-state index in [1.165, 1.54) is 24.0 Å². The number of hydrogen-bond acceptors (Lipinski definition) is 2. The minimum absolute atomic E-state index is 0.103. The van der Waals surface area contributed by atoms with Gasteiger partial charge in [-0.15, -0.1) is 0 Å². The van der Waals surface area contributed by atoms with Crippen LogP contribution < -0.4 is 0 Å². The van der Waals surface area contributed by atoms with E-state index in [4.69, 9.17) is 0 Å². The molecule has 1 saturated carbocycles. The van der Waals surface area contributed by atoms with E-state index in [9.17, 15) is 5.11 Å². The number of benzene rings is 1. The SMILES string of the molecule is Cc1cccc(CCCN(C)CC(O)C2CC2)c1. The summed E-state index contributed by atoms with van der Waals surface area (Å²) in [6.45, 7) is 4.04. The van der Waals surface area contributed by atoms with Crippen LogP contribution in [0.4, 0.5) is 0 Å². The summed E-state index contributed by atoms with van der Waals surface area (Å²) in [5, 5.41) is 9.87. The van der Waals surface area contributed by atoms with Gasteiger partial charge in [-0.1, -0.05) is 29.8 Å². The standard InChI is InChI=1S/C16H25NO/c1-13-5-3-6-14(11-13)7-4-10-17(2)12-16(18)15-8-9-15/h3,5-6,11,15-16,18H,4,7-10,12H2,1-2H3. The maximum absolute atomic E-state index is 9.87. The fraction of sp³-hybridized carbons (Fsp3) is 0.625. The molecule has 1 atom stereocenters. The molecule has 2 heteroatoms. The van der Waals surface area contributed by atoms with Gasteiger partial charge >= 0.3 is 0 Å². The molecule has 0 aromatic heterocycles. The van der Waals surface area contributed by atoms with Crippen molar-refractivity contribution in [3.05, 3.63) is 35.4 Å². The van der Waals surface area contributed by atoms with Crippen molar-refractivity contribution in [2.75, 3.05) is 20.1 Å². The highest BCUT2D eigenvalue weighted by molar-refractivity contribution is 5.22. The Balaban J connectivity index is 1.65. The molecule has 100 valence electrons. The van der Waals surface area contributed by atoms with Gasteiger partial charge in [0.05, 0.1) is 6.10 Å². The van der Waals surface area contributed by atoms with Crippen molar-refractivity contribution in [3.63, 3.8) is 0 Å². The van der Waals surface area contributed by atoms with Crippen LogP contribution in [0.1, 0.15) is 30.4 Å². The van der Waals surface area contributed by atoms with Gasteiger partial charge in [0.1, 0.15) is 0 Å². The van der Waals surface area contributed by atoms with Crippen LogP contribution >= 0.6 is 0 Å². The van der Waals surface area contributed by atoms with Crippen LogP contribution in [-0.2, 0) is 6.42 Å². The summed E-state index contributed by atoms with van der Waals surface area (Å²) in [5.74, 6) is 0.587. The molecule has 1 unspecified atom stereocenters. The number of aryl methyl sites for hydroxylation is 2. The molecule has 1 aromatic carbocycles. The van der Waals surface area contributed by atoms with Gasteiger partial charge in [-0.25, -0.2) is 0 Å². The molecule has 0 amide bonds. The maximum atomic E-state index is 9.87. The molecular formula is C16H25NO. The lowest BCUT2D eigenvalue weighted by Gasteiger charge is -2.20. The Kier molecular flexibility index (Phi) is 4.79. The topological polar surface area (TPSA) is 23.5 Å². The number of likely N-dealkylation sites (N-methyl/N-ethyl adjacent to an activating group) is 1. The average Bonchev–Trinajstić information content (AvgIpc) is 3.12. The van der Waals surface area contributed by atoms with Gasteiger partial charge in [0.15, 0.2) is 0 Å². The number of nitrogens with zero attached hydrogens (tertiary/aromatic N) is 1. The maximum Gasteiger partial charge on any atom is 0.0695 e. The van der Waals surface area contributed by atoms with Crippen LogP contribution in [0.3, 0.4) is 0 Å². The third-order valence-corrected chi connectivity index (χ3v) is 3.75. The Bertz CT molecular complexity index is 373. The second-order valence-electron chi connectivity index (χ2n) is 5.76. The molecule has 0 radical (unpaired) electrons. The van der Waals surface area contributed by atoms with Gasteiger partial charge < -0.3 is 10.0 Å². The van der Waals surface area contributed by atoms with Gasteiger partial charge in [0.2, 0.25) is 0 Å². The lowest BCUT2D eigenvalue weighted by atomic mass is 10.1. The van der Waals surface area contributed by atoms with Crippen molar-refractivity contribution in [3.8, 4) is 0 Å². The first-order valence-electron chi connectivity index (χ1n) is 7.07. The van der Waals surface area contributed by atoms with E-state index in [2.05, 4.69) is 43.1 Å². The van der Waals surface area contributed by atoms with E-state index in [-0.39, 0.29) is 6.10 Å². The third-order valence-electron chi connectivity index (χ3n) is 3.75. The lowest BCUT2D eigenvalue weighted by Crippen LogP contribution is -2.31. The summed E-state index contributed by atoms with van der Waals surface area (Å²) in [6.07, 6.45) is 4.63. The normalized spacial score (nSPS) is 17.1. The van der Waals surface area contributed by atoms with Gasteiger partial charge in [-0.2, -0.15) is 0 Å². The monoisotopic (exact) mass is 247 g/mol. The smallest absolute Gasteiger partial charge is 0.0695 e. The van der Waals surface area contributed by atoms with Gasteiger partial charge in [0.25, 0.3) is 0 Å².